The topological polar surface area (TPSA) is 76.4 Å². The summed E-state index contributed by atoms with van der Waals surface area (Å²) in [6.07, 6.45) is 2.15. The third-order valence-corrected chi connectivity index (χ3v) is 5.55. The van der Waals surface area contributed by atoms with Crippen LogP contribution in [0.3, 0.4) is 0 Å². The second-order valence-corrected chi connectivity index (χ2v) is 7.90. The number of hydrogen-bond donors (Lipinski definition) is 2. The van der Waals surface area contributed by atoms with E-state index >= 15 is 0 Å². The molecule has 0 aliphatic heterocycles. The number of fused-ring (bicyclic) bond motifs is 1. The highest BCUT2D eigenvalue weighted by Gasteiger charge is 2.23. The molecule has 1 amide bonds. The lowest BCUT2D eigenvalue weighted by Gasteiger charge is -2.27. The van der Waals surface area contributed by atoms with Crippen LogP contribution in [0.15, 0.2) is 72.9 Å². The fraction of sp³-hybridized carbons (Fsp3) is 0.259. The first-order valence-corrected chi connectivity index (χ1v) is 10.9. The molecular weight excluding hydrogens is 433 g/mol. The van der Waals surface area contributed by atoms with Crippen LogP contribution < -0.4 is 10.1 Å². The Bertz CT molecular complexity index is 1250. The van der Waals surface area contributed by atoms with Gasteiger partial charge in [-0.1, -0.05) is 38.6 Å². The minimum atomic E-state index is -0.583. The Morgan fingerprint density at radius 2 is 1.91 bits per heavy atom. The molecular formula is C27H30FN3O3. The van der Waals surface area contributed by atoms with E-state index < -0.39 is 18.6 Å². The number of aliphatic hydroxyl groups is 1. The lowest BCUT2D eigenvalue weighted by Crippen LogP contribution is -2.40. The maximum absolute atomic E-state index is 13.3. The van der Waals surface area contributed by atoms with E-state index in [4.69, 9.17) is 9.84 Å². The van der Waals surface area contributed by atoms with E-state index in [1.807, 2.05) is 43.3 Å². The first kappa shape index (κ1) is 24.9. The van der Waals surface area contributed by atoms with Gasteiger partial charge in [-0.05, 0) is 66.9 Å². The van der Waals surface area contributed by atoms with Crippen molar-refractivity contribution in [2.75, 3.05) is 6.61 Å². The van der Waals surface area contributed by atoms with Gasteiger partial charge in [-0.3, -0.25) is 4.79 Å². The highest BCUT2D eigenvalue weighted by Crippen LogP contribution is 2.29. The quantitative estimate of drug-likeness (QED) is 0.386. The van der Waals surface area contributed by atoms with Gasteiger partial charge in [-0.25, -0.2) is 9.07 Å². The maximum Gasteiger partial charge on any atom is 0.246 e. The van der Waals surface area contributed by atoms with Gasteiger partial charge >= 0.3 is 0 Å². The van der Waals surface area contributed by atoms with Gasteiger partial charge < -0.3 is 15.2 Å². The summed E-state index contributed by atoms with van der Waals surface area (Å²) in [5.41, 5.74) is 3.72. The summed E-state index contributed by atoms with van der Waals surface area (Å²) in [4.78, 5) is 11.8. The minimum absolute atomic E-state index is 0. The van der Waals surface area contributed by atoms with Gasteiger partial charge in [-0.15, -0.1) is 0 Å². The van der Waals surface area contributed by atoms with E-state index in [0.29, 0.717) is 5.75 Å². The van der Waals surface area contributed by atoms with Crippen molar-refractivity contribution in [1.29, 1.82) is 0 Å². The summed E-state index contributed by atoms with van der Waals surface area (Å²) in [6.45, 7) is 3.35. The summed E-state index contributed by atoms with van der Waals surface area (Å²) >= 11 is 0. The fourth-order valence-corrected chi connectivity index (χ4v) is 3.84. The molecule has 6 nitrogen and oxygen atoms in total. The summed E-state index contributed by atoms with van der Waals surface area (Å²) in [5.74, 6) is -0.136. The van der Waals surface area contributed by atoms with Crippen molar-refractivity contribution >= 4 is 16.8 Å². The van der Waals surface area contributed by atoms with Crippen molar-refractivity contribution in [2.45, 2.75) is 39.8 Å². The summed E-state index contributed by atoms with van der Waals surface area (Å²) < 4.78 is 21.4. The van der Waals surface area contributed by atoms with Gasteiger partial charge in [0.1, 0.15) is 24.3 Å². The van der Waals surface area contributed by atoms with Crippen LogP contribution in [0.1, 0.15) is 38.5 Å². The van der Waals surface area contributed by atoms with Crippen LogP contribution in [0, 0.1) is 5.82 Å². The Morgan fingerprint density at radius 1 is 1.15 bits per heavy atom. The second-order valence-electron chi connectivity index (χ2n) is 7.90. The Kier molecular flexibility index (Phi) is 8.02. The molecule has 2 atom stereocenters. The lowest BCUT2D eigenvalue weighted by molar-refractivity contribution is -0.125. The predicted molar refractivity (Wildman–Crippen MR) is 132 cm³/mol. The number of aryl methyl sites for hydroxylation is 1. The number of ether oxygens (including phenoxy) is 1. The number of amides is 1. The fourth-order valence-electron chi connectivity index (χ4n) is 3.84. The van der Waals surface area contributed by atoms with Gasteiger partial charge in [0.05, 0.1) is 23.4 Å². The van der Waals surface area contributed by atoms with Crippen molar-refractivity contribution in [3.05, 3.63) is 89.9 Å². The smallest absolute Gasteiger partial charge is 0.246 e. The van der Waals surface area contributed by atoms with Gasteiger partial charge in [0, 0.05) is 5.39 Å². The van der Waals surface area contributed by atoms with Gasteiger partial charge in [0.15, 0.2) is 0 Å². The molecule has 0 bridgehead atoms. The number of aliphatic hydroxyl groups excluding tert-OH is 1. The molecule has 0 fully saturated rings. The second kappa shape index (κ2) is 10.9. The molecule has 1 heterocycles. The van der Waals surface area contributed by atoms with Crippen molar-refractivity contribution in [1.82, 2.24) is 15.1 Å². The van der Waals surface area contributed by atoms with Crippen molar-refractivity contribution in [3.8, 4) is 11.4 Å². The SMILES string of the molecule is C.CCc1cccc([C@@H](Oc2ccc3c(cnn3-c3ccc(F)cc3)c2)[C@H](C)NC(=O)CO)c1. The number of nitrogens with zero attached hydrogens (tertiary/aromatic N) is 2. The molecule has 0 saturated heterocycles. The van der Waals surface area contributed by atoms with Gasteiger partial charge in [-0.2, -0.15) is 5.10 Å². The van der Waals surface area contributed by atoms with Crippen LogP contribution in [0.2, 0.25) is 0 Å². The van der Waals surface area contributed by atoms with Crippen LogP contribution in [0.25, 0.3) is 16.6 Å². The number of benzene rings is 3. The number of hydrogen-bond acceptors (Lipinski definition) is 4. The minimum Gasteiger partial charge on any atom is -0.484 e. The zero-order valence-electron chi connectivity index (χ0n) is 18.5. The number of carbonyl (C=O) groups is 1. The molecule has 3 aromatic carbocycles. The standard InChI is InChI=1S/C26H26FN3O3.CH4/c1-3-18-5-4-6-19(13-18)26(17(2)29-25(32)16-31)33-23-11-12-24-20(14-23)15-28-30(24)22-9-7-21(27)8-10-22;/h4-15,17,26,31H,3,16H2,1-2H3,(H,29,32);1H4/t17-,26-;/m0./s1. The molecule has 0 saturated carbocycles. The summed E-state index contributed by atoms with van der Waals surface area (Å²) in [6, 6.07) is 19.5. The molecule has 4 rings (SSSR count). The summed E-state index contributed by atoms with van der Waals surface area (Å²) in [5, 5.41) is 17.2. The largest absolute Gasteiger partial charge is 0.484 e. The number of aromatic nitrogens is 2. The van der Waals surface area contributed by atoms with E-state index in [-0.39, 0.29) is 19.3 Å². The molecule has 0 radical (unpaired) electrons. The van der Waals surface area contributed by atoms with E-state index in [9.17, 15) is 9.18 Å². The van der Waals surface area contributed by atoms with Crippen LogP contribution >= 0.6 is 0 Å². The maximum atomic E-state index is 13.3. The first-order valence-electron chi connectivity index (χ1n) is 10.9. The van der Waals surface area contributed by atoms with Crippen molar-refractivity contribution in [2.24, 2.45) is 0 Å². The highest BCUT2D eigenvalue weighted by atomic mass is 19.1. The molecule has 34 heavy (non-hydrogen) atoms. The average molecular weight is 464 g/mol. The number of rotatable bonds is 8. The van der Waals surface area contributed by atoms with Crippen LogP contribution in [-0.4, -0.2) is 33.4 Å². The molecule has 0 aliphatic rings. The van der Waals surface area contributed by atoms with E-state index in [1.54, 1.807) is 23.0 Å². The van der Waals surface area contributed by atoms with E-state index in [2.05, 4.69) is 23.4 Å². The third kappa shape index (κ3) is 5.43. The third-order valence-electron chi connectivity index (χ3n) is 5.55. The zero-order valence-corrected chi connectivity index (χ0v) is 18.5. The highest BCUT2D eigenvalue weighted by molar-refractivity contribution is 5.81. The molecule has 1 aromatic heterocycles. The molecule has 178 valence electrons. The van der Waals surface area contributed by atoms with Crippen molar-refractivity contribution < 1.29 is 19.0 Å². The Balaban J connectivity index is 0.00000324. The lowest BCUT2D eigenvalue weighted by atomic mass is 10.00. The number of halogens is 1. The zero-order chi connectivity index (χ0) is 23.4. The molecule has 7 heteroatoms. The first-order chi connectivity index (χ1) is 16.0. The number of nitrogens with one attached hydrogen (secondary N) is 1. The van der Waals surface area contributed by atoms with E-state index in [0.717, 1.165) is 34.1 Å². The van der Waals surface area contributed by atoms with Crippen LogP contribution in [0.4, 0.5) is 4.39 Å². The van der Waals surface area contributed by atoms with E-state index in [1.165, 1.54) is 12.1 Å². The Labute approximate surface area is 199 Å². The predicted octanol–water partition coefficient (Wildman–Crippen LogP) is 4.98. The summed E-state index contributed by atoms with van der Waals surface area (Å²) in [7, 11) is 0. The Morgan fingerprint density at radius 3 is 2.62 bits per heavy atom. The Hall–Kier alpha value is -3.71. The molecule has 0 aliphatic carbocycles. The van der Waals surface area contributed by atoms with Gasteiger partial charge in [0.2, 0.25) is 5.91 Å². The average Bonchev–Trinajstić information content (AvgIpc) is 3.26. The van der Waals surface area contributed by atoms with Crippen molar-refractivity contribution in [3.63, 3.8) is 0 Å². The molecule has 4 aromatic rings. The molecule has 0 spiro atoms. The van der Waals surface area contributed by atoms with Crippen LogP contribution in [-0.2, 0) is 11.2 Å². The van der Waals surface area contributed by atoms with Crippen LogP contribution in [0.5, 0.6) is 5.75 Å². The number of carbonyl (C=O) groups excluding carboxylic acids is 1. The molecule has 0 unspecified atom stereocenters. The monoisotopic (exact) mass is 463 g/mol. The van der Waals surface area contributed by atoms with Gasteiger partial charge in [0.25, 0.3) is 0 Å². The normalized spacial score (nSPS) is 12.6. The molecule has 2 N–H and O–H groups in total.